The minimum absolute atomic E-state index is 0.101. The Bertz CT molecular complexity index is 533. The molecule has 0 aliphatic heterocycles. The van der Waals surface area contributed by atoms with Gasteiger partial charge in [0.05, 0.1) is 0 Å². The Labute approximate surface area is 142 Å². The zero-order chi connectivity index (χ0) is 15.0. The summed E-state index contributed by atoms with van der Waals surface area (Å²) < 4.78 is 0. The van der Waals surface area contributed by atoms with Crippen LogP contribution in [0, 0.1) is 47.3 Å². The van der Waals surface area contributed by atoms with Crippen LogP contribution in [0.4, 0.5) is 0 Å². The molecule has 0 heterocycles. The third-order valence-electron chi connectivity index (χ3n) is 7.60. The summed E-state index contributed by atoms with van der Waals surface area (Å²) in [7, 11) is 0. The Balaban J connectivity index is 1.45. The second kappa shape index (κ2) is 5.02. The van der Waals surface area contributed by atoms with Crippen LogP contribution in [-0.4, -0.2) is 28.3 Å². The van der Waals surface area contributed by atoms with E-state index in [2.05, 4.69) is 12.6 Å². The van der Waals surface area contributed by atoms with Gasteiger partial charge in [0.1, 0.15) is 11.6 Å². The number of carbonyl (C=O) groups excluding carboxylic acids is 2. The van der Waals surface area contributed by atoms with Crippen molar-refractivity contribution in [3.63, 3.8) is 0 Å². The molecule has 0 aromatic heterocycles. The minimum atomic E-state index is 0.101. The van der Waals surface area contributed by atoms with Crippen LogP contribution in [0.5, 0.6) is 0 Å². The average Bonchev–Trinajstić information content (AvgIpc) is 3.27. The third kappa shape index (κ3) is 1.72. The fourth-order valence-electron chi connectivity index (χ4n) is 7.05. The molecule has 5 saturated carbocycles. The van der Waals surface area contributed by atoms with E-state index in [-0.39, 0.29) is 23.7 Å². The maximum absolute atomic E-state index is 13.3. The molecule has 4 heteroatoms. The highest BCUT2D eigenvalue weighted by Crippen LogP contribution is 2.65. The molecular weight excluding hydrogens is 312 g/mol. The number of thiol groups is 1. The van der Waals surface area contributed by atoms with Crippen LogP contribution in [0.25, 0.3) is 0 Å². The predicted octanol–water partition coefficient (Wildman–Crippen LogP) is 3.10. The van der Waals surface area contributed by atoms with E-state index >= 15 is 0 Å². The molecule has 9 unspecified atom stereocenters. The lowest BCUT2D eigenvalue weighted by atomic mass is 9.58. The first kappa shape index (κ1) is 14.4. The van der Waals surface area contributed by atoms with Crippen molar-refractivity contribution in [2.24, 2.45) is 47.3 Å². The predicted molar refractivity (Wildman–Crippen MR) is 91.1 cm³/mol. The molecule has 0 spiro atoms. The molecule has 5 fully saturated rings. The number of rotatable bonds is 3. The molecule has 0 amide bonds. The number of fused-ring (bicyclic) bond motifs is 10. The van der Waals surface area contributed by atoms with Gasteiger partial charge >= 0.3 is 0 Å². The second-order valence-corrected chi connectivity index (χ2v) is 10.1. The number of carbonyl (C=O) groups is 2. The Morgan fingerprint density at radius 3 is 2.18 bits per heavy atom. The molecule has 5 aliphatic carbocycles. The van der Waals surface area contributed by atoms with E-state index in [9.17, 15) is 9.59 Å². The van der Waals surface area contributed by atoms with Crippen molar-refractivity contribution in [1.29, 1.82) is 0 Å². The average molecular weight is 337 g/mol. The van der Waals surface area contributed by atoms with Crippen LogP contribution < -0.4 is 0 Å². The summed E-state index contributed by atoms with van der Waals surface area (Å²) in [5.74, 6) is 5.63. The summed E-state index contributed by atoms with van der Waals surface area (Å²) in [5.41, 5.74) is 0. The van der Waals surface area contributed by atoms with Crippen molar-refractivity contribution in [1.82, 2.24) is 0 Å². The van der Waals surface area contributed by atoms with E-state index in [1.165, 1.54) is 25.7 Å². The van der Waals surface area contributed by atoms with Crippen LogP contribution in [0.1, 0.15) is 32.1 Å². The van der Waals surface area contributed by atoms with Gasteiger partial charge in [-0.3, -0.25) is 9.59 Å². The number of hydrogen-bond acceptors (Lipinski definition) is 4. The first-order valence-corrected chi connectivity index (χ1v) is 10.7. The van der Waals surface area contributed by atoms with Gasteiger partial charge in [0.15, 0.2) is 0 Å². The van der Waals surface area contributed by atoms with E-state index in [1.807, 2.05) is 11.8 Å². The topological polar surface area (TPSA) is 34.1 Å². The van der Waals surface area contributed by atoms with Gasteiger partial charge in [-0.2, -0.15) is 24.4 Å². The van der Waals surface area contributed by atoms with Gasteiger partial charge in [0.25, 0.3) is 0 Å². The highest BCUT2D eigenvalue weighted by atomic mass is 32.2. The van der Waals surface area contributed by atoms with Gasteiger partial charge in [-0.15, -0.1) is 0 Å². The summed E-state index contributed by atoms with van der Waals surface area (Å²) in [6.45, 7) is 0. The largest absolute Gasteiger partial charge is 0.299 e. The lowest BCUT2D eigenvalue weighted by Gasteiger charge is -2.44. The first-order chi connectivity index (χ1) is 10.7. The number of thioether (sulfide) groups is 1. The highest BCUT2D eigenvalue weighted by Gasteiger charge is 2.67. The van der Waals surface area contributed by atoms with Crippen LogP contribution in [0.2, 0.25) is 0 Å². The second-order valence-electron chi connectivity index (χ2n) is 8.27. The highest BCUT2D eigenvalue weighted by molar-refractivity contribution is 8.00. The van der Waals surface area contributed by atoms with Crippen molar-refractivity contribution in [2.75, 3.05) is 11.5 Å². The molecule has 0 N–H and O–H groups in total. The molecule has 2 nitrogen and oxygen atoms in total. The van der Waals surface area contributed by atoms with Crippen LogP contribution in [0.3, 0.4) is 0 Å². The SMILES string of the molecule is O=C1C2C3CCC(C3)C2C(=O)C2C3CC(CC3SCCS)C12. The smallest absolute Gasteiger partial charge is 0.141 e. The molecule has 5 aliphatic rings. The quantitative estimate of drug-likeness (QED) is 0.804. The maximum atomic E-state index is 13.3. The molecular formula is C18H24O2S2. The maximum Gasteiger partial charge on any atom is 0.141 e. The Morgan fingerprint density at radius 1 is 0.864 bits per heavy atom. The number of Topliss-reactive ketones (excluding diaryl/α,β-unsaturated/α-hetero) is 2. The fourth-order valence-corrected chi connectivity index (χ4v) is 8.68. The summed E-state index contributed by atoms with van der Waals surface area (Å²) in [6, 6.07) is 0. The van der Waals surface area contributed by atoms with Crippen LogP contribution in [0.15, 0.2) is 0 Å². The van der Waals surface area contributed by atoms with E-state index in [4.69, 9.17) is 0 Å². The van der Waals surface area contributed by atoms with Crippen molar-refractivity contribution in [3.05, 3.63) is 0 Å². The Hall–Kier alpha value is 0.0400. The summed E-state index contributed by atoms with van der Waals surface area (Å²) >= 11 is 6.33. The lowest BCUT2D eigenvalue weighted by molar-refractivity contribution is -0.151. The van der Waals surface area contributed by atoms with Gasteiger partial charge in [0.2, 0.25) is 0 Å². The summed E-state index contributed by atoms with van der Waals surface area (Å²) in [5, 5.41) is 0.616. The monoisotopic (exact) mass is 336 g/mol. The van der Waals surface area contributed by atoms with Gasteiger partial charge in [0, 0.05) is 34.7 Å². The van der Waals surface area contributed by atoms with E-state index < -0.39 is 0 Å². The molecule has 0 saturated heterocycles. The third-order valence-corrected chi connectivity index (χ3v) is 9.53. The molecule has 120 valence electrons. The molecule has 0 aromatic carbocycles. The van der Waals surface area contributed by atoms with E-state index in [0.29, 0.717) is 40.5 Å². The van der Waals surface area contributed by atoms with E-state index in [1.54, 1.807) is 0 Å². The normalized spacial score (nSPS) is 54.9. The summed E-state index contributed by atoms with van der Waals surface area (Å²) in [4.78, 5) is 26.4. The first-order valence-electron chi connectivity index (χ1n) is 9.00. The van der Waals surface area contributed by atoms with Gasteiger partial charge in [-0.05, 0) is 61.5 Å². The van der Waals surface area contributed by atoms with Crippen molar-refractivity contribution in [3.8, 4) is 0 Å². The molecule has 9 atom stereocenters. The van der Waals surface area contributed by atoms with Gasteiger partial charge in [-0.1, -0.05) is 0 Å². The molecule has 22 heavy (non-hydrogen) atoms. The van der Waals surface area contributed by atoms with Gasteiger partial charge < -0.3 is 0 Å². The van der Waals surface area contributed by atoms with Crippen molar-refractivity contribution < 1.29 is 9.59 Å². The van der Waals surface area contributed by atoms with Crippen LogP contribution >= 0.6 is 24.4 Å². The van der Waals surface area contributed by atoms with Crippen LogP contribution in [-0.2, 0) is 9.59 Å². The fraction of sp³-hybridized carbons (Fsp3) is 0.889. The number of ketones is 2. The summed E-state index contributed by atoms with van der Waals surface area (Å²) in [6.07, 6.45) is 5.89. The van der Waals surface area contributed by atoms with Gasteiger partial charge in [-0.25, -0.2) is 0 Å². The van der Waals surface area contributed by atoms with Crippen molar-refractivity contribution >= 4 is 36.0 Å². The Kier molecular flexibility index (Phi) is 3.28. The zero-order valence-corrected chi connectivity index (χ0v) is 14.5. The van der Waals surface area contributed by atoms with E-state index in [0.717, 1.165) is 17.9 Å². The van der Waals surface area contributed by atoms with Crippen molar-refractivity contribution in [2.45, 2.75) is 37.4 Å². The number of hydrogen-bond donors (Lipinski definition) is 1. The lowest BCUT2D eigenvalue weighted by Crippen LogP contribution is -2.53. The molecule has 0 aromatic rings. The minimum Gasteiger partial charge on any atom is -0.299 e. The zero-order valence-electron chi connectivity index (χ0n) is 12.8. The molecule has 0 radical (unpaired) electrons. The molecule has 5 rings (SSSR count). The standard InChI is InChI=1S/C18H24O2S2/c19-17-13-8-1-2-9(5-8)14(13)18(20)16-11-6-10(15(16)17)7-12(11)22-4-3-21/h8-16,21H,1-7H2. The molecule has 4 bridgehead atoms. The Morgan fingerprint density at radius 2 is 1.50 bits per heavy atom.